The minimum atomic E-state index is 0.562. The second-order valence-corrected chi connectivity index (χ2v) is 4.03. The zero-order valence-corrected chi connectivity index (χ0v) is 11.5. The van der Waals surface area contributed by atoms with E-state index in [2.05, 4.69) is 20.8 Å². The van der Waals surface area contributed by atoms with Crippen LogP contribution in [0, 0.1) is 6.92 Å². The fourth-order valence-corrected chi connectivity index (χ4v) is 1.86. The zero-order valence-electron chi connectivity index (χ0n) is 11.5. The molecule has 0 spiro atoms. The summed E-state index contributed by atoms with van der Waals surface area (Å²) < 4.78 is 12.4. The lowest BCUT2D eigenvalue weighted by atomic mass is 10.2. The molecule has 0 amide bonds. The minimum absolute atomic E-state index is 0.562. The topological polar surface area (TPSA) is 74.1 Å². The Morgan fingerprint density at radius 3 is 2.58 bits per heavy atom. The molecular formula is C12H17N5O2. The lowest BCUT2D eigenvalue weighted by molar-refractivity contribution is 0.397. The van der Waals surface area contributed by atoms with Crippen LogP contribution < -0.4 is 14.8 Å². The number of aryl methyl sites for hydroxylation is 1. The summed E-state index contributed by atoms with van der Waals surface area (Å²) in [4.78, 5) is 0. The van der Waals surface area contributed by atoms with Gasteiger partial charge in [0.05, 0.1) is 20.8 Å². The first-order valence-electron chi connectivity index (χ1n) is 5.86. The Hall–Kier alpha value is -2.15. The molecular weight excluding hydrogens is 246 g/mol. The molecule has 7 heteroatoms. The number of hydrogen-bond acceptors (Lipinski definition) is 6. The number of nitrogens with one attached hydrogen (secondary N) is 1. The van der Waals surface area contributed by atoms with Gasteiger partial charge in [-0.05, 0) is 36.0 Å². The van der Waals surface area contributed by atoms with Gasteiger partial charge < -0.3 is 14.8 Å². The summed E-state index contributed by atoms with van der Waals surface area (Å²) in [7, 11) is 5.09. The van der Waals surface area contributed by atoms with Gasteiger partial charge in [0.25, 0.3) is 0 Å². The average Bonchev–Trinajstić information content (AvgIpc) is 2.87. The van der Waals surface area contributed by atoms with E-state index in [0.717, 1.165) is 17.0 Å². The van der Waals surface area contributed by atoms with Crippen LogP contribution in [0.1, 0.15) is 11.4 Å². The second-order valence-electron chi connectivity index (χ2n) is 4.03. The number of hydrogen-bond donors (Lipinski definition) is 1. The van der Waals surface area contributed by atoms with Gasteiger partial charge in [0.1, 0.15) is 17.2 Å². The maximum absolute atomic E-state index is 5.39. The van der Waals surface area contributed by atoms with Crippen molar-refractivity contribution >= 4 is 0 Å². The number of rotatable bonds is 5. The molecule has 0 fully saturated rings. The highest BCUT2D eigenvalue weighted by Crippen LogP contribution is 2.30. The molecule has 2 aromatic rings. The van der Waals surface area contributed by atoms with Crippen molar-refractivity contribution in [2.24, 2.45) is 0 Å². The summed E-state index contributed by atoms with van der Waals surface area (Å²) >= 11 is 0. The Balaban J connectivity index is 2.56. The van der Waals surface area contributed by atoms with Gasteiger partial charge in [-0.25, -0.2) is 0 Å². The summed E-state index contributed by atoms with van der Waals surface area (Å²) in [6, 6.07) is 3.77. The Morgan fingerprint density at radius 1 is 1.21 bits per heavy atom. The third-order valence-corrected chi connectivity index (χ3v) is 2.79. The van der Waals surface area contributed by atoms with E-state index in [9.17, 15) is 0 Å². The number of methoxy groups -OCH3 is 2. The second kappa shape index (κ2) is 5.66. The van der Waals surface area contributed by atoms with Crippen LogP contribution in [-0.2, 0) is 6.54 Å². The van der Waals surface area contributed by atoms with Gasteiger partial charge in [-0.1, -0.05) is 0 Å². The van der Waals surface area contributed by atoms with E-state index in [0.29, 0.717) is 18.1 Å². The van der Waals surface area contributed by atoms with Crippen LogP contribution in [-0.4, -0.2) is 41.5 Å². The Bertz CT molecular complexity index is 567. The monoisotopic (exact) mass is 263 g/mol. The first kappa shape index (κ1) is 13.3. The van der Waals surface area contributed by atoms with E-state index in [1.807, 2.05) is 26.1 Å². The predicted molar refractivity (Wildman–Crippen MR) is 69.8 cm³/mol. The smallest absolute Gasteiger partial charge is 0.170 e. The van der Waals surface area contributed by atoms with Crippen molar-refractivity contribution in [2.75, 3.05) is 21.3 Å². The summed E-state index contributed by atoms with van der Waals surface area (Å²) in [5, 5.41) is 14.7. The fourth-order valence-electron chi connectivity index (χ4n) is 1.86. The lowest BCUT2D eigenvalue weighted by Crippen LogP contribution is -2.13. The van der Waals surface area contributed by atoms with Crippen molar-refractivity contribution in [1.29, 1.82) is 0 Å². The van der Waals surface area contributed by atoms with E-state index in [4.69, 9.17) is 9.47 Å². The number of tetrazole rings is 1. The fraction of sp³-hybridized carbons (Fsp3) is 0.417. The van der Waals surface area contributed by atoms with Crippen LogP contribution in [0.2, 0.25) is 0 Å². The zero-order chi connectivity index (χ0) is 13.8. The van der Waals surface area contributed by atoms with Crippen LogP contribution >= 0.6 is 0 Å². The van der Waals surface area contributed by atoms with Crippen LogP contribution in [0.15, 0.2) is 12.1 Å². The number of nitrogens with zero attached hydrogens (tertiary/aromatic N) is 4. The van der Waals surface area contributed by atoms with Crippen molar-refractivity contribution in [2.45, 2.75) is 13.5 Å². The molecule has 1 aromatic heterocycles. The molecule has 0 unspecified atom stereocenters. The molecule has 0 radical (unpaired) electrons. The van der Waals surface area contributed by atoms with E-state index in [1.54, 1.807) is 18.9 Å². The molecule has 0 saturated carbocycles. The van der Waals surface area contributed by atoms with Gasteiger partial charge in [-0.2, -0.15) is 4.68 Å². The summed E-state index contributed by atoms with van der Waals surface area (Å²) in [6.07, 6.45) is 0. The van der Waals surface area contributed by atoms with E-state index in [1.165, 1.54) is 0 Å². The van der Waals surface area contributed by atoms with Gasteiger partial charge in [0.15, 0.2) is 5.82 Å². The quantitative estimate of drug-likeness (QED) is 0.856. The highest BCUT2D eigenvalue weighted by atomic mass is 16.5. The highest BCUT2D eigenvalue weighted by Gasteiger charge is 2.15. The third-order valence-electron chi connectivity index (χ3n) is 2.79. The molecule has 1 heterocycles. The SMILES string of the molecule is CNCc1nnnn1-c1cc(OC)c(C)cc1OC. The van der Waals surface area contributed by atoms with Crippen molar-refractivity contribution in [3.8, 4) is 17.2 Å². The molecule has 0 atom stereocenters. The van der Waals surface area contributed by atoms with E-state index < -0.39 is 0 Å². The largest absolute Gasteiger partial charge is 0.496 e. The standard InChI is InChI=1S/C12H17N5O2/c1-8-5-11(19-4)9(6-10(8)18-3)17-12(7-13-2)14-15-16-17/h5-6,13H,7H2,1-4H3. The molecule has 7 nitrogen and oxygen atoms in total. The maximum atomic E-state index is 5.39. The Morgan fingerprint density at radius 2 is 1.95 bits per heavy atom. The van der Waals surface area contributed by atoms with Crippen molar-refractivity contribution in [3.63, 3.8) is 0 Å². The molecule has 0 aliphatic rings. The van der Waals surface area contributed by atoms with Crippen molar-refractivity contribution in [1.82, 2.24) is 25.5 Å². The Kier molecular flexibility index (Phi) is 3.96. The Labute approximate surface area is 111 Å². The first-order valence-corrected chi connectivity index (χ1v) is 5.86. The predicted octanol–water partition coefficient (Wildman–Crippen LogP) is 0.707. The molecule has 0 bridgehead atoms. The van der Waals surface area contributed by atoms with Gasteiger partial charge in [0.2, 0.25) is 0 Å². The molecule has 2 rings (SSSR count). The third kappa shape index (κ3) is 2.50. The summed E-state index contributed by atoms with van der Waals surface area (Å²) in [5.41, 5.74) is 1.74. The minimum Gasteiger partial charge on any atom is -0.496 e. The molecule has 0 aliphatic heterocycles. The average molecular weight is 263 g/mol. The lowest BCUT2D eigenvalue weighted by Gasteiger charge is -2.13. The molecule has 0 aliphatic carbocycles. The number of benzene rings is 1. The molecule has 19 heavy (non-hydrogen) atoms. The van der Waals surface area contributed by atoms with Crippen molar-refractivity contribution in [3.05, 3.63) is 23.5 Å². The summed E-state index contributed by atoms with van der Waals surface area (Å²) in [5.74, 6) is 2.16. The number of aromatic nitrogens is 4. The van der Waals surface area contributed by atoms with Gasteiger partial charge in [-0.3, -0.25) is 0 Å². The highest BCUT2D eigenvalue weighted by molar-refractivity contribution is 5.54. The normalized spacial score (nSPS) is 10.5. The van der Waals surface area contributed by atoms with E-state index in [-0.39, 0.29) is 0 Å². The van der Waals surface area contributed by atoms with Crippen molar-refractivity contribution < 1.29 is 9.47 Å². The van der Waals surface area contributed by atoms with Gasteiger partial charge >= 0.3 is 0 Å². The summed E-state index contributed by atoms with van der Waals surface area (Å²) in [6.45, 7) is 2.52. The van der Waals surface area contributed by atoms with Gasteiger partial charge in [-0.15, -0.1) is 5.10 Å². The van der Waals surface area contributed by atoms with Crippen LogP contribution in [0.4, 0.5) is 0 Å². The molecule has 102 valence electrons. The number of ether oxygens (including phenoxy) is 2. The van der Waals surface area contributed by atoms with E-state index >= 15 is 0 Å². The maximum Gasteiger partial charge on any atom is 0.170 e. The van der Waals surface area contributed by atoms with Crippen LogP contribution in [0.3, 0.4) is 0 Å². The first-order chi connectivity index (χ1) is 9.21. The van der Waals surface area contributed by atoms with Gasteiger partial charge in [0, 0.05) is 6.07 Å². The van der Waals surface area contributed by atoms with Crippen LogP contribution in [0.25, 0.3) is 5.69 Å². The molecule has 1 aromatic carbocycles. The molecule has 0 saturated heterocycles. The van der Waals surface area contributed by atoms with Crippen LogP contribution in [0.5, 0.6) is 11.5 Å². The molecule has 1 N–H and O–H groups in total.